The molecule has 2 unspecified atom stereocenters. The number of nitrogens with zero attached hydrogens (tertiary/aromatic N) is 1. The van der Waals surface area contributed by atoms with Crippen LogP contribution in [-0.4, -0.2) is 7.11 Å². The molecule has 0 spiro atoms. The fraction of sp³-hybridized carbons (Fsp3) is 1.00. The van der Waals surface area contributed by atoms with Gasteiger partial charge in [0.2, 0.25) is 0 Å². The van der Waals surface area contributed by atoms with Crippen LogP contribution in [0.4, 0.5) is 0 Å². The van der Waals surface area contributed by atoms with Crippen LogP contribution in [0.3, 0.4) is 0 Å². The van der Waals surface area contributed by atoms with Crippen molar-refractivity contribution in [1.29, 1.82) is 0 Å². The highest BCUT2D eigenvalue weighted by Crippen LogP contribution is 2.10. The van der Waals surface area contributed by atoms with Crippen molar-refractivity contribution < 1.29 is 4.52 Å². The van der Waals surface area contributed by atoms with Gasteiger partial charge in [0.05, 0.1) is 17.5 Å². The van der Waals surface area contributed by atoms with E-state index in [-0.39, 0.29) is 0 Å². The number of rotatable bonds is 3. The molecule has 0 aliphatic heterocycles. The van der Waals surface area contributed by atoms with E-state index in [2.05, 4.69) is 23.3 Å². The summed E-state index contributed by atoms with van der Waals surface area (Å²) in [5, 5.41) is 0. The second kappa shape index (κ2) is 6.88. The Morgan fingerprint density at radius 2 is 2.71 bits per heavy atom. The molecule has 7 heavy (non-hydrogen) atoms. The molecule has 0 radical (unpaired) electrons. The van der Waals surface area contributed by atoms with E-state index >= 15 is 0 Å². The fourth-order valence-electron chi connectivity index (χ4n) is 0.0949. The minimum absolute atomic E-state index is 0.352. The molecular formula is CH7N2OP3. The number of hydrogen-bond acceptors (Lipinski definition) is 2. The van der Waals surface area contributed by atoms with E-state index in [1.807, 2.05) is 0 Å². The minimum atomic E-state index is 0.352. The quantitative estimate of drug-likeness (QED) is 0.496. The lowest BCUT2D eigenvalue weighted by molar-refractivity contribution is 0.474. The van der Waals surface area contributed by atoms with Crippen LogP contribution in [0.5, 0.6) is 0 Å². The zero-order chi connectivity index (χ0) is 5.54. The first-order valence-electron chi connectivity index (χ1n) is 1.54. The van der Waals surface area contributed by atoms with Gasteiger partial charge in [0.1, 0.15) is 0 Å². The molecule has 0 saturated carbocycles. The third-order valence-electron chi connectivity index (χ3n) is 0.255. The largest absolute Gasteiger partial charge is 0.349 e. The molecule has 0 rings (SSSR count). The Morgan fingerprint density at radius 3 is 3.14 bits per heavy atom. The van der Waals surface area contributed by atoms with Crippen molar-refractivity contribution in [3.8, 4) is 0 Å². The highest BCUT2D eigenvalue weighted by molar-refractivity contribution is 7.46. The number of hydrogen-bond donors (Lipinski definition) is 1. The fourth-order valence-corrected chi connectivity index (χ4v) is 1.37. The van der Waals surface area contributed by atoms with Gasteiger partial charge in [-0.25, -0.2) is 9.37 Å². The normalized spacial score (nSPS) is 12.3. The first-order chi connectivity index (χ1) is 3.41. The average molecular weight is 156 g/mol. The van der Waals surface area contributed by atoms with E-state index in [0.29, 0.717) is 8.96 Å². The smallest absolute Gasteiger partial charge is 0.0994 e. The molecular weight excluding hydrogens is 149 g/mol. The molecule has 3 nitrogen and oxygen atoms in total. The first-order valence-corrected chi connectivity index (χ1v) is 3.82. The van der Waals surface area contributed by atoms with Gasteiger partial charge < -0.3 is 4.52 Å². The molecule has 0 fully saturated rings. The van der Waals surface area contributed by atoms with Crippen LogP contribution in [0, 0.1) is 0 Å². The summed E-state index contributed by atoms with van der Waals surface area (Å²) in [5.74, 6) is 0. The van der Waals surface area contributed by atoms with Crippen molar-refractivity contribution >= 4 is 26.9 Å². The standard InChI is InChI=1S/CH7N2OP3/c1-4-7-3-6-2-5/h7H,5H2,1H3,(H,2,3). The van der Waals surface area contributed by atoms with Crippen molar-refractivity contribution in [2.75, 3.05) is 7.11 Å². The van der Waals surface area contributed by atoms with Crippen LogP contribution in [0.1, 0.15) is 0 Å². The summed E-state index contributed by atoms with van der Waals surface area (Å²) in [6.45, 7) is 0. The van der Waals surface area contributed by atoms with Gasteiger partial charge >= 0.3 is 0 Å². The summed E-state index contributed by atoms with van der Waals surface area (Å²) in [5.41, 5.74) is 0. The van der Waals surface area contributed by atoms with Crippen LogP contribution in [-0.2, 0) is 4.52 Å². The van der Waals surface area contributed by atoms with E-state index in [1.165, 1.54) is 0 Å². The number of nitrogens with one attached hydrogen (secondary N) is 1. The molecule has 6 heteroatoms. The minimum Gasteiger partial charge on any atom is -0.349 e. The predicted octanol–water partition coefficient (Wildman–Crippen LogP) is 1.57. The third kappa shape index (κ3) is 6.88. The summed E-state index contributed by atoms with van der Waals surface area (Å²) in [6.07, 6.45) is 0. The lowest BCUT2D eigenvalue weighted by Gasteiger charge is -1.88. The lowest BCUT2D eigenvalue weighted by atomic mass is 11.8. The Kier molecular flexibility index (Phi) is 7.74. The Morgan fingerprint density at radius 1 is 2.00 bits per heavy atom. The van der Waals surface area contributed by atoms with Gasteiger partial charge in [-0.05, 0) is 9.39 Å². The molecule has 0 saturated heterocycles. The Balaban J connectivity index is 2.69. The van der Waals surface area contributed by atoms with Crippen LogP contribution >= 0.6 is 26.9 Å². The monoisotopic (exact) mass is 156 g/mol. The maximum absolute atomic E-state index is 4.68. The highest BCUT2D eigenvalue weighted by Gasteiger charge is 1.70. The van der Waals surface area contributed by atoms with E-state index in [4.69, 9.17) is 0 Å². The molecule has 42 valence electrons. The Labute approximate surface area is 48.7 Å². The predicted molar refractivity (Wildman–Crippen MR) is 37.5 cm³/mol. The van der Waals surface area contributed by atoms with E-state index < -0.39 is 0 Å². The van der Waals surface area contributed by atoms with Crippen LogP contribution < -0.4 is 4.86 Å². The van der Waals surface area contributed by atoms with Gasteiger partial charge in [-0.2, -0.15) is 0 Å². The van der Waals surface area contributed by atoms with Crippen molar-refractivity contribution in [3.63, 3.8) is 0 Å². The van der Waals surface area contributed by atoms with Gasteiger partial charge in [0.15, 0.2) is 0 Å². The highest BCUT2D eigenvalue weighted by atomic mass is 31.1. The van der Waals surface area contributed by atoms with Gasteiger partial charge in [0, 0.05) is 7.11 Å². The van der Waals surface area contributed by atoms with Crippen LogP contribution in [0.25, 0.3) is 0 Å². The van der Waals surface area contributed by atoms with E-state index in [1.54, 1.807) is 7.11 Å². The molecule has 0 bridgehead atoms. The summed E-state index contributed by atoms with van der Waals surface area (Å²) in [7, 11) is 5.10. The molecule has 0 amide bonds. The van der Waals surface area contributed by atoms with Gasteiger partial charge in [0.25, 0.3) is 0 Å². The lowest BCUT2D eigenvalue weighted by Crippen LogP contribution is -1.75. The average Bonchev–Trinajstić information content (AvgIpc) is 1.69. The molecule has 0 aromatic rings. The molecule has 0 aliphatic rings. The first kappa shape index (κ1) is 7.88. The SMILES string of the molecule is COPNP=NP. The Hall–Kier alpha value is 0.880. The topological polar surface area (TPSA) is 33.6 Å². The van der Waals surface area contributed by atoms with Gasteiger partial charge in [-0.3, -0.25) is 0 Å². The summed E-state index contributed by atoms with van der Waals surface area (Å²) >= 11 is 0. The van der Waals surface area contributed by atoms with E-state index in [0.717, 1.165) is 8.52 Å². The molecule has 2 atom stereocenters. The summed E-state index contributed by atoms with van der Waals surface area (Å²) < 4.78 is 8.36. The zero-order valence-electron chi connectivity index (χ0n) is 3.88. The molecule has 0 aliphatic carbocycles. The molecule has 0 aromatic heterocycles. The zero-order valence-corrected chi connectivity index (χ0v) is 6.93. The van der Waals surface area contributed by atoms with E-state index in [9.17, 15) is 0 Å². The molecule has 0 aromatic carbocycles. The van der Waals surface area contributed by atoms with Crippen LogP contribution in [0.2, 0.25) is 0 Å². The van der Waals surface area contributed by atoms with Crippen molar-refractivity contribution in [3.05, 3.63) is 0 Å². The maximum atomic E-state index is 4.68. The van der Waals surface area contributed by atoms with Crippen molar-refractivity contribution in [2.45, 2.75) is 0 Å². The summed E-state index contributed by atoms with van der Waals surface area (Å²) in [4.78, 5) is 2.88. The molecule has 1 N–H and O–H groups in total. The maximum Gasteiger partial charge on any atom is 0.0994 e. The van der Waals surface area contributed by atoms with Gasteiger partial charge in [-0.1, -0.05) is 0 Å². The summed E-state index contributed by atoms with van der Waals surface area (Å²) in [6, 6.07) is 0. The Bertz CT molecular complexity index is 56.9. The van der Waals surface area contributed by atoms with Crippen LogP contribution in [0.15, 0.2) is 4.52 Å². The van der Waals surface area contributed by atoms with Crippen molar-refractivity contribution in [2.24, 2.45) is 4.52 Å². The second-order valence-electron chi connectivity index (χ2n) is 0.633. The second-order valence-corrected chi connectivity index (χ2v) is 3.26. The molecule has 0 heterocycles. The van der Waals surface area contributed by atoms with Crippen molar-refractivity contribution in [1.82, 2.24) is 4.86 Å². The van der Waals surface area contributed by atoms with Gasteiger partial charge in [-0.15, -0.1) is 0 Å². The third-order valence-corrected chi connectivity index (χ3v) is 1.69.